The lowest BCUT2D eigenvalue weighted by atomic mass is 10.0. The summed E-state index contributed by atoms with van der Waals surface area (Å²) >= 11 is 4.19. The predicted molar refractivity (Wildman–Crippen MR) is 111 cm³/mol. The van der Waals surface area contributed by atoms with Gasteiger partial charge in [0.1, 0.15) is 5.75 Å². The quantitative estimate of drug-likeness (QED) is 0.543. The fourth-order valence-corrected chi connectivity index (χ4v) is 4.24. The fourth-order valence-electron chi connectivity index (χ4n) is 3.00. The molecular formula is C21H14BrNO3S. The molecule has 1 aliphatic heterocycles. The molecule has 2 amide bonds. The first-order valence-corrected chi connectivity index (χ1v) is 9.84. The van der Waals surface area contributed by atoms with Crippen LogP contribution in [0.3, 0.4) is 0 Å². The van der Waals surface area contributed by atoms with Crippen LogP contribution in [0.15, 0.2) is 70.0 Å². The molecule has 3 aromatic rings. The Kier molecular flexibility index (Phi) is 4.76. The van der Waals surface area contributed by atoms with Crippen LogP contribution in [-0.4, -0.2) is 21.2 Å². The average Bonchev–Trinajstić information content (AvgIpc) is 2.92. The van der Waals surface area contributed by atoms with E-state index in [1.807, 2.05) is 42.5 Å². The molecule has 3 aromatic carbocycles. The third-order valence-electron chi connectivity index (χ3n) is 4.35. The molecule has 1 N–H and O–H groups in total. The second-order valence-corrected chi connectivity index (χ2v) is 7.96. The molecule has 0 saturated carbocycles. The Balaban J connectivity index is 1.63. The maximum absolute atomic E-state index is 12.8. The Morgan fingerprint density at radius 3 is 2.63 bits per heavy atom. The highest BCUT2D eigenvalue weighted by Crippen LogP contribution is 2.35. The van der Waals surface area contributed by atoms with Gasteiger partial charge in [-0.15, -0.1) is 0 Å². The van der Waals surface area contributed by atoms with Gasteiger partial charge >= 0.3 is 0 Å². The third kappa shape index (κ3) is 3.50. The van der Waals surface area contributed by atoms with Gasteiger partial charge in [-0.2, -0.15) is 0 Å². The summed E-state index contributed by atoms with van der Waals surface area (Å²) in [6.45, 7) is 0.239. The molecule has 134 valence electrons. The van der Waals surface area contributed by atoms with Gasteiger partial charge < -0.3 is 5.11 Å². The van der Waals surface area contributed by atoms with Crippen molar-refractivity contribution in [2.24, 2.45) is 0 Å². The summed E-state index contributed by atoms with van der Waals surface area (Å²) in [6, 6.07) is 18.7. The summed E-state index contributed by atoms with van der Waals surface area (Å²) in [4.78, 5) is 26.8. The van der Waals surface area contributed by atoms with Crippen LogP contribution in [-0.2, 0) is 11.3 Å². The van der Waals surface area contributed by atoms with Crippen LogP contribution in [0, 0.1) is 0 Å². The number of thioether (sulfide) groups is 1. The minimum Gasteiger partial charge on any atom is -0.507 e. The molecule has 1 saturated heterocycles. The van der Waals surface area contributed by atoms with E-state index in [0.29, 0.717) is 9.38 Å². The molecule has 0 spiro atoms. The molecule has 1 fully saturated rings. The molecule has 0 atom stereocenters. The lowest BCUT2D eigenvalue weighted by molar-refractivity contribution is -0.123. The van der Waals surface area contributed by atoms with E-state index in [0.717, 1.165) is 33.7 Å². The second kappa shape index (κ2) is 7.21. The monoisotopic (exact) mass is 439 g/mol. The van der Waals surface area contributed by atoms with Gasteiger partial charge in [-0.3, -0.25) is 14.5 Å². The van der Waals surface area contributed by atoms with Gasteiger partial charge in [-0.1, -0.05) is 48.5 Å². The number of hydrogen-bond donors (Lipinski definition) is 1. The molecule has 0 unspecified atom stereocenters. The second-order valence-electron chi connectivity index (χ2n) is 6.12. The molecule has 1 heterocycles. The maximum Gasteiger partial charge on any atom is 0.293 e. The number of carbonyl (C=O) groups is 2. The van der Waals surface area contributed by atoms with E-state index >= 15 is 0 Å². The molecular weight excluding hydrogens is 426 g/mol. The van der Waals surface area contributed by atoms with E-state index in [1.54, 1.807) is 18.2 Å². The summed E-state index contributed by atoms with van der Waals surface area (Å²) in [6.07, 6.45) is 1.66. The molecule has 0 aromatic heterocycles. The summed E-state index contributed by atoms with van der Waals surface area (Å²) in [5, 5.41) is 11.4. The number of benzene rings is 3. The first kappa shape index (κ1) is 17.8. The minimum atomic E-state index is -0.304. The Labute approximate surface area is 168 Å². The number of carbonyl (C=O) groups excluding carboxylic acids is 2. The molecule has 6 heteroatoms. The molecule has 0 bridgehead atoms. The van der Waals surface area contributed by atoms with E-state index < -0.39 is 0 Å². The van der Waals surface area contributed by atoms with Crippen LogP contribution in [0.25, 0.3) is 16.8 Å². The number of hydrogen-bond acceptors (Lipinski definition) is 4. The van der Waals surface area contributed by atoms with E-state index in [4.69, 9.17) is 0 Å². The van der Waals surface area contributed by atoms with Crippen molar-refractivity contribution in [2.75, 3.05) is 0 Å². The van der Waals surface area contributed by atoms with Crippen LogP contribution in [0.4, 0.5) is 4.79 Å². The molecule has 0 radical (unpaired) electrons. The van der Waals surface area contributed by atoms with Gasteiger partial charge in [0.25, 0.3) is 11.1 Å². The highest BCUT2D eigenvalue weighted by atomic mass is 79.9. The van der Waals surface area contributed by atoms with Crippen molar-refractivity contribution in [1.29, 1.82) is 0 Å². The fraction of sp³-hybridized carbons (Fsp3) is 0.0476. The van der Waals surface area contributed by atoms with Crippen molar-refractivity contribution in [3.63, 3.8) is 0 Å². The highest BCUT2D eigenvalue weighted by molar-refractivity contribution is 9.10. The lowest BCUT2D eigenvalue weighted by Gasteiger charge is -2.14. The van der Waals surface area contributed by atoms with Gasteiger partial charge in [0.05, 0.1) is 15.9 Å². The Hall–Kier alpha value is -2.57. The Morgan fingerprint density at radius 1 is 1.04 bits per heavy atom. The number of phenols is 1. The number of nitrogens with zero attached hydrogens (tertiary/aromatic N) is 1. The standard InChI is InChI=1S/C21H14BrNO3S/c22-17-10-13(8-9-18(17)24)11-19-20(25)23(21(26)27-19)12-15-6-3-5-14-4-1-2-7-16(14)15/h1-11,24H,12H2. The molecule has 4 rings (SSSR count). The van der Waals surface area contributed by atoms with E-state index in [1.165, 1.54) is 11.0 Å². The summed E-state index contributed by atoms with van der Waals surface area (Å²) in [5.74, 6) is -0.182. The van der Waals surface area contributed by atoms with Crippen LogP contribution >= 0.6 is 27.7 Å². The topological polar surface area (TPSA) is 57.6 Å². The zero-order valence-corrected chi connectivity index (χ0v) is 16.5. The van der Waals surface area contributed by atoms with E-state index in [9.17, 15) is 14.7 Å². The smallest absolute Gasteiger partial charge is 0.293 e. The highest BCUT2D eigenvalue weighted by Gasteiger charge is 2.35. The van der Waals surface area contributed by atoms with Crippen molar-refractivity contribution < 1.29 is 14.7 Å². The van der Waals surface area contributed by atoms with Crippen molar-refractivity contribution in [3.8, 4) is 5.75 Å². The summed E-state index contributed by atoms with van der Waals surface area (Å²) < 4.78 is 0.534. The number of fused-ring (bicyclic) bond motifs is 1. The van der Waals surface area contributed by atoms with Gasteiger partial charge in [0.2, 0.25) is 0 Å². The largest absolute Gasteiger partial charge is 0.507 e. The van der Waals surface area contributed by atoms with Gasteiger partial charge in [0, 0.05) is 0 Å². The van der Waals surface area contributed by atoms with Gasteiger partial charge in [0.15, 0.2) is 0 Å². The number of imide groups is 1. The van der Waals surface area contributed by atoms with E-state index in [-0.39, 0.29) is 23.4 Å². The SMILES string of the molecule is O=C1SC(=Cc2ccc(O)c(Br)c2)C(=O)N1Cc1cccc2ccccc12. The first-order valence-electron chi connectivity index (χ1n) is 8.23. The lowest BCUT2D eigenvalue weighted by Crippen LogP contribution is -2.27. The van der Waals surface area contributed by atoms with Crippen molar-refractivity contribution in [3.05, 3.63) is 81.2 Å². The minimum absolute atomic E-state index is 0.121. The summed E-state index contributed by atoms with van der Waals surface area (Å²) in [7, 11) is 0. The normalized spacial score (nSPS) is 15.9. The van der Waals surface area contributed by atoms with Crippen LogP contribution in [0.1, 0.15) is 11.1 Å². The molecule has 1 aliphatic rings. The molecule has 4 nitrogen and oxygen atoms in total. The van der Waals surface area contributed by atoms with Crippen LogP contribution in [0.2, 0.25) is 0 Å². The number of amides is 2. The number of halogens is 1. The number of aromatic hydroxyl groups is 1. The molecule has 27 heavy (non-hydrogen) atoms. The molecule has 0 aliphatic carbocycles. The Morgan fingerprint density at radius 2 is 1.81 bits per heavy atom. The average molecular weight is 440 g/mol. The summed E-state index contributed by atoms with van der Waals surface area (Å²) in [5.41, 5.74) is 1.67. The Bertz CT molecular complexity index is 1100. The zero-order valence-electron chi connectivity index (χ0n) is 14.1. The van der Waals surface area contributed by atoms with Gasteiger partial charge in [-0.05, 0) is 67.8 Å². The predicted octanol–water partition coefficient (Wildman–Crippen LogP) is 5.54. The zero-order chi connectivity index (χ0) is 19.0. The third-order valence-corrected chi connectivity index (χ3v) is 5.89. The number of rotatable bonds is 3. The van der Waals surface area contributed by atoms with Crippen molar-refractivity contribution >= 4 is 55.7 Å². The number of phenolic OH excluding ortho intramolecular Hbond substituents is 1. The van der Waals surface area contributed by atoms with Crippen molar-refractivity contribution in [2.45, 2.75) is 6.54 Å². The van der Waals surface area contributed by atoms with Crippen molar-refractivity contribution in [1.82, 2.24) is 4.90 Å². The van der Waals surface area contributed by atoms with E-state index in [2.05, 4.69) is 15.9 Å². The first-order chi connectivity index (χ1) is 13.0. The maximum atomic E-state index is 12.8. The van der Waals surface area contributed by atoms with Crippen LogP contribution < -0.4 is 0 Å². The van der Waals surface area contributed by atoms with Crippen LogP contribution in [0.5, 0.6) is 5.75 Å². The van der Waals surface area contributed by atoms with Gasteiger partial charge in [-0.25, -0.2) is 0 Å².